The molecule has 1 aromatic rings. The van der Waals surface area contributed by atoms with E-state index in [0.717, 1.165) is 15.6 Å². The van der Waals surface area contributed by atoms with Gasteiger partial charge in [-0.1, -0.05) is 31.9 Å². The van der Waals surface area contributed by atoms with Crippen LogP contribution in [-0.4, -0.2) is 12.6 Å². The molecule has 1 rings (SSSR count). The summed E-state index contributed by atoms with van der Waals surface area (Å²) in [5, 5.41) is 0.640. The molecule has 1 aromatic carbocycles. The predicted molar refractivity (Wildman–Crippen MR) is 67.5 cm³/mol. The number of carbonyl (C=O) groups excluding carboxylic acids is 1. The first-order valence-corrected chi connectivity index (χ1v) is 6.53. The number of esters is 1. The van der Waals surface area contributed by atoms with Crippen LogP contribution in [0.4, 0.5) is 0 Å². The molecule has 0 aliphatic rings. The number of aryl methyl sites for hydroxylation is 1. The van der Waals surface area contributed by atoms with Gasteiger partial charge in [-0.3, -0.25) is 0 Å². The van der Waals surface area contributed by atoms with E-state index in [-0.39, 0.29) is 5.97 Å². The molecule has 0 aliphatic heterocycles. The second-order valence-corrected chi connectivity index (χ2v) is 4.59. The molecule has 15 heavy (non-hydrogen) atoms. The summed E-state index contributed by atoms with van der Waals surface area (Å²) < 4.78 is 5.99. The van der Waals surface area contributed by atoms with E-state index in [9.17, 15) is 4.79 Å². The normalized spacial score (nSPS) is 10.1. The summed E-state index contributed by atoms with van der Waals surface area (Å²) in [7, 11) is 0. The fourth-order valence-electron chi connectivity index (χ4n) is 1.41. The third-order valence-corrected chi connectivity index (χ3v) is 3.07. The van der Waals surface area contributed by atoms with E-state index in [4.69, 9.17) is 4.74 Å². The van der Waals surface area contributed by atoms with E-state index in [0.29, 0.717) is 17.5 Å². The monoisotopic (exact) mass is 334 g/mol. The number of carbonyl (C=O) groups is 1. The Morgan fingerprint density at radius 1 is 1.47 bits per heavy atom. The minimum Gasteiger partial charge on any atom is -0.462 e. The third-order valence-electron chi connectivity index (χ3n) is 2.01. The van der Waals surface area contributed by atoms with Crippen LogP contribution in [-0.2, 0) is 10.1 Å². The highest BCUT2D eigenvalue weighted by Gasteiger charge is 2.15. The van der Waals surface area contributed by atoms with Crippen molar-refractivity contribution in [3.8, 4) is 0 Å². The van der Waals surface area contributed by atoms with Crippen molar-refractivity contribution in [3.63, 3.8) is 0 Å². The van der Waals surface area contributed by atoms with Crippen LogP contribution >= 0.6 is 31.9 Å². The molecule has 0 N–H and O–H groups in total. The summed E-state index contributed by atoms with van der Waals surface area (Å²) in [4.78, 5) is 11.7. The standard InChI is InChI=1S/C11H12Br2O2/c1-3-15-11(14)10-7(2)4-9(13)5-8(10)6-12/h4-5H,3,6H2,1-2H3. The fraction of sp³-hybridized carbons (Fsp3) is 0.364. The van der Waals surface area contributed by atoms with Crippen LogP contribution in [0.3, 0.4) is 0 Å². The van der Waals surface area contributed by atoms with Crippen molar-refractivity contribution >= 4 is 37.8 Å². The lowest BCUT2D eigenvalue weighted by atomic mass is 10.0. The second kappa shape index (κ2) is 5.66. The topological polar surface area (TPSA) is 26.3 Å². The first-order valence-electron chi connectivity index (χ1n) is 4.62. The number of halogens is 2. The fourth-order valence-corrected chi connectivity index (χ4v) is 2.48. The Balaban J connectivity index is 3.20. The van der Waals surface area contributed by atoms with E-state index in [1.807, 2.05) is 19.1 Å². The highest BCUT2D eigenvalue weighted by Crippen LogP contribution is 2.23. The van der Waals surface area contributed by atoms with Gasteiger partial charge in [0.15, 0.2) is 0 Å². The maximum Gasteiger partial charge on any atom is 0.338 e. The van der Waals surface area contributed by atoms with Crippen molar-refractivity contribution < 1.29 is 9.53 Å². The summed E-state index contributed by atoms with van der Waals surface area (Å²) in [5.41, 5.74) is 2.54. The Morgan fingerprint density at radius 2 is 2.13 bits per heavy atom. The zero-order chi connectivity index (χ0) is 11.4. The van der Waals surface area contributed by atoms with E-state index < -0.39 is 0 Å². The molecule has 0 fully saturated rings. The number of hydrogen-bond acceptors (Lipinski definition) is 2. The number of hydrogen-bond donors (Lipinski definition) is 0. The lowest BCUT2D eigenvalue weighted by molar-refractivity contribution is 0.0524. The van der Waals surface area contributed by atoms with Gasteiger partial charge >= 0.3 is 5.97 Å². The minimum absolute atomic E-state index is 0.253. The van der Waals surface area contributed by atoms with E-state index in [2.05, 4.69) is 31.9 Å². The molecule has 0 saturated heterocycles. The van der Waals surface area contributed by atoms with E-state index >= 15 is 0 Å². The van der Waals surface area contributed by atoms with Crippen LogP contribution in [0.25, 0.3) is 0 Å². The maximum absolute atomic E-state index is 11.7. The molecule has 4 heteroatoms. The summed E-state index contributed by atoms with van der Waals surface area (Å²) in [6, 6.07) is 3.84. The zero-order valence-electron chi connectivity index (χ0n) is 8.64. The van der Waals surface area contributed by atoms with E-state index in [1.54, 1.807) is 6.92 Å². The molecule has 0 bridgehead atoms. The number of benzene rings is 1. The van der Waals surface area contributed by atoms with Gasteiger partial charge in [0, 0.05) is 9.80 Å². The van der Waals surface area contributed by atoms with Gasteiger partial charge in [-0.15, -0.1) is 0 Å². The molecule has 0 atom stereocenters. The summed E-state index contributed by atoms with van der Waals surface area (Å²) in [6.07, 6.45) is 0. The molecule has 0 amide bonds. The summed E-state index contributed by atoms with van der Waals surface area (Å²) in [6.45, 7) is 4.11. The van der Waals surface area contributed by atoms with Crippen molar-refractivity contribution in [1.82, 2.24) is 0 Å². The molecular weight excluding hydrogens is 324 g/mol. The van der Waals surface area contributed by atoms with Crippen LogP contribution in [0.5, 0.6) is 0 Å². The zero-order valence-corrected chi connectivity index (χ0v) is 11.8. The number of rotatable bonds is 3. The Kier molecular flexibility index (Phi) is 4.80. The van der Waals surface area contributed by atoms with Crippen molar-refractivity contribution in [2.24, 2.45) is 0 Å². The van der Waals surface area contributed by atoms with Gasteiger partial charge in [-0.05, 0) is 37.1 Å². The quantitative estimate of drug-likeness (QED) is 0.620. The van der Waals surface area contributed by atoms with Gasteiger partial charge in [0.1, 0.15) is 0 Å². The van der Waals surface area contributed by atoms with Gasteiger partial charge in [-0.25, -0.2) is 4.79 Å². The van der Waals surface area contributed by atoms with Crippen LogP contribution in [0.2, 0.25) is 0 Å². The maximum atomic E-state index is 11.7. The number of ether oxygens (including phenoxy) is 1. The highest BCUT2D eigenvalue weighted by molar-refractivity contribution is 9.10. The first kappa shape index (κ1) is 12.7. The molecule has 0 heterocycles. The van der Waals surface area contributed by atoms with Gasteiger partial charge in [0.25, 0.3) is 0 Å². The third kappa shape index (κ3) is 3.05. The van der Waals surface area contributed by atoms with Gasteiger partial charge < -0.3 is 4.74 Å². The lowest BCUT2D eigenvalue weighted by Gasteiger charge is -2.10. The molecule has 0 spiro atoms. The minimum atomic E-state index is -0.253. The van der Waals surface area contributed by atoms with Crippen molar-refractivity contribution in [3.05, 3.63) is 33.3 Å². The van der Waals surface area contributed by atoms with Crippen LogP contribution in [0.1, 0.15) is 28.4 Å². The van der Waals surface area contributed by atoms with Crippen LogP contribution in [0.15, 0.2) is 16.6 Å². The number of alkyl halides is 1. The van der Waals surface area contributed by atoms with Gasteiger partial charge in [0.2, 0.25) is 0 Å². The predicted octanol–water partition coefficient (Wildman–Crippen LogP) is 3.83. The molecule has 0 radical (unpaired) electrons. The van der Waals surface area contributed by atoms with Crippen LogP contribution < -0.4 is 0 Å². The second-order valence-electron chi connectivity index (χ2n) is 3.11. The molecule has 0 aliphatic carbocycles. The average molecular weight is 336 g/mol. The Labute approximate surface area is 106 Å². The Hall–Kier alpha value is -0.350. The van der Waals surface area contributed by atoms with Gasteiger partial charge in [0.05, 0.1) is 12.2 Å². The van der Waals surface area contributed by atoms with E-state index in [1.165, 1.54) is 0 Å². The van der Waals surface area contributed by atoms with Gasteiger partial charge in [-0.2, -0.15) is 0 Å². The molecule has 0 unspecified atom stereocenters. The molecular formula is C11H12Br2O2. The molecule has 0 saturated carbocycles. The summed E-state index contributed by atoms with van der Waals surface area (Å²) in [5.74, 6) is -0.253. The molecule has 0 aromatic heterocycles. The molecule has 82 valence electrons. The average Bonchev–Trinajstić information content (AvgIpc) is 2.16. The Morgan fingerprint density at radius 3 is 2.67 bits per heavy atom. The first-order chi connectivity index (χ1) is 7.10. The Bertz CT molecular complexity index is 375. The summed E-state index contributed by atoms with van der Waals surface area (Å²) >= 11 is 6.77. The SMILES string of the molecule is CCOC(=O)c1c(C)cc(Br)cc1CBr. The van der Waals surface area contributed by atoms with Crippen molar-refractivity contribution in [2.45, 2.75) is 19.2 Å². The highest BCUT2D eigenvalue weighted by atomic mass is 79.9. The largest absolute Gasteiger partial charge is 0.462 e. The lowest BCUT2D eigenvalue weighted by Crippen LogP contribution is -2.09. The smallest absolute Gasteiger partial charge is 0.338 e. The van der Waals surface area contributed by atoms with Crippen LogP contribution in [0, 0.1) is 6.92 Å². The van der Waals surface area contributed by atoms with Crippen molar-refractivity contribution in [1.29, 1.82) is 0 Å². The molecule has 2 nitrogen and oxygen atoms in total. The van der Waals surface area contributed by atoms with Crippen molar-refractivity contribution in [2.75, 3.05) is 6.61 Å².